The minimum absolute atomic E-state index is 0.0912. The summed E-state index contributed by atoms with van der Waals surface area (Å²) in [5.41, 5.74) is 2.83. The molecule has 25 heavy (non-hydrogen) atoms. The Kier molecular flexibility index (Phi) is 4.97. The molecule has 0 aliphatic heterocycles. The molecule has 0 saturated heterocycles. The molecule has 0 bridgehead atoms. The number of ether oxygens (including phenoxy) is 1. The van der Waals surface area contributed by atoms with Crippen LogP contribution in [0.1, 0.15) is 35.5 Å². The summed E-state index contributed by atoms with van der Waals surface area (Å²) in [6, 6.07) is 9.55. The molecular formula is C19H21N3O3. The smallest absolute Gasteiger partial charge is 0.257 e. The Bertz CT molecular complexity index is 871. The molecule has 0 unspecified atom stereocenters. The summed E-state index contributed by atoms with van der Waals surface area (Å²) in [5.74, 6) is 0.737. The molecule has 0 saturated carbocycles. The lowest BCUT2D eigenvalue weighted by atomic mass is 10.1. The first-order valence-electron chi connectivity index (χ1n) is 8.33. The first kappa shape index (κ1) is 17.0. The van der Waals surface area contributed by atoms with Crippen LogP contribution < -0.4 is 4.74 Å². The lowest BCUT2D eigenvalue weighted by Crippen LogP contribution is -2.26. The van der Waals surface area contributed by atoms with E-state index in [4.69, 9.17) is 9.26 Å². The second-order valence-corrected chi connectivity index (χ2v) is 5.80. The highest BCUT2D eigenvalue weighted by Crippen LogP contribution is 2.19. The van der Waals surface area contributed by atoms with Crippen molar-refractivity contribution >= 4 is 17.0 Å². The summed E-state index contributed by atoms with van der Waals surface area (Å²) in [6.07, 6.45) is 2.26. The highest BCUT2D eigenvalue weighted by molar-refractivity contribution is 5.96. The Morgan fingerprint density at radius 3 is 2.68 bits per heavy atom. The van der Waals surface area contributed by atoms with Crippen LogP contribution in [0.15, 0.2) is 41.1 Å². The largest absolute Gasteiger partial charge is 0.494 e. The number of hydrogen-bond donors (Lipinski definition) is 0. The van der Waals surface area contributed by atoms with Crippen LogP contribution in [0.25, 0.3) is 11.1 Å². The Morgan fingerprint density at radius 2 is 2.00 bits per heavy atom. The van der Waals surface area contributed by atoms with Crippen molar-refractivity contribution in [2.75, 3.05) is 13.7 Å². The first-order valence-corrected chi connectivity index (χ1v) is 8.33. The normalized spacial score (nSPS) is 10.8. The maximum absolute atomic E-state index is 12.7. The van der Waals surface area contributed by atoms with Gasteiger partial charge in [-0.3, -0.25) is 4.79 Å². The molecule has 6 nitrogen and oxygen atoms in total. The average molecular weight is 339 g/mol. The molecule has 1 amide bonds. The van der Waals surface area contributed by atoms with Gasteiger partial charge in [-0.25, -0.2) is 4.98 Å². The van der Waals surface area contributed by atoms with Gasteiger partial charge in [0.2, 0.25) is 0 Å². The van der Waals surface area contributed by atoms with Crippen molar-refractivity contribution in [3.63, 3.8) is 0 Å². The van der Waals surface area contributed by atoms with Crippen molar-refractivity contribution in [3.8, 4) is 5.75 Å². The monoisotopic (exact) mass is 339 g/mol. The standard InChI is InChI=1S/C19H21N3O3/c1-4-17-16-10-14(11-20-18(16)25-21-17)19(23)22(3)12-13-6-8-15(9-7-13)24-5-2/h6-11H,4-5,12H2,1-3H3. The van der Waals surface area contributed by atoms with Crippen LogP contribution in [-0.2, 0) is 13.0 Å². The molecule has 0 spiro atoms. The van der Waals surface area contributed by atoms with Crippen LogP contribution in [-0.4, -0.2) is 34.6 Å². The number of nitrogens with zero attached hydrogens (tertiary/aromatic N) is 3. The number of pyridine rings is 1. The van der Waals surface area contributed by atoms with E-state index in [0.29, 0.717) is 24.4 Å². The number of carbonyl (C=O) groups excluding carboxylic acids is 1. The van der Waals surface area contributed by atoms with E-state index in [1.807, 2.05) is 38.1 Å². The van der Waals surface area contributed by atoms with E-state index in [-0.39, 0.29) is 5.91 Å². The van der Waals surface area contributed by atoms with E-state index in [1.165, 1.54) is 6.20 Å². The Hall–Kier alpha value is -2.89. The van der Waals surface area contributed by atoms with Gasteiger partial charge in [0.15, 0.2) is 0 Å². The minimum Gasteiger partial charge on any atom is -0.494 e. The molecule has 1 aromatic carbocycles. The third-order valence-corrected chi connectivity index (χ3v) is 3.99. The quantitative estimate of drug-likeness (QED) is 0.688. The molecule has 3 aromatic rings. The molecular weight excluding hydrogens is 318 g/mol. The molecule has 0 atom stereocenters. The van der Waals surface area contributed by atoms with E-state index < -0.39 is 0 Å². The fraction of sp³-hybridized carbons (Fsp3) is 0.316. The second-order valence-electron chi connectivity index (χ2n) is 5.80. The van der Waals surface area contributed by atoms with Crippen molar-refractivity contribution in [2.24, 2.45) is 0 Å². The molecule has 6 heteroatoms. The average Bonchev–Trinajstić information content (AvgIpc) is 3.05. The molecule has 0 fully saturated rings. The van der Waals surface area contributed by atoms with Crippen molar-refractivity contribution < 1.29 is 14.1 Å². The van der Waals surface area contributed by atoms with Crippen LogP contribution in [0.2, 0.25) is 0 Å². The third kappa shape index (κ3) is 3.63. The number of amides is 1. The molecule has 2 aromatic heterocycles. The lowest BCUT2D eigenvalue weighted by Gasteiger charge is -2.17. The highest BCUT2D eigenvalue weighted by atomic mass is 16.5. The van der Waals surface area contributed by atoms with E-state index in [0.717, 1.165) is 28.8 Å². The molecule has 0 radical (unpaired) electrons. The molecule has 3 rings (SSSR count). The van der Waals surface area contributed by atoms with Crippen LogP contribution in [0.5, 0.6) is 5.75 Å². The summed E-state index contributed by atoms with van der Waals surface area (Å²) >= 11 is 0. The summed E-state index contributed by atoms with van der Waals surface area (Å²) in [6.45, 7) is 5.08. The summed E-state index contributed by atoms with van der Waals surface area (Å²) in [7, 11) is 1.78. The zero-order chi connectivity index (χ0) is 17.8. The zero-order valence-electron chi connectivity index (χ0n) is 14.7. The third-order valence-electron chi connectivity index (χ3n) is 3.99. The number of aryl methyl sites for hydroxylation is 1. The second kappa shape index (κ2) is 7.34. The maximum Gasteiger partial charge on any atom is 0.257 e. The van der Waals surface area contributed by atoms with E-state index >= 15 is 0 Å². The van der Waals surface area contributed by atoms with Gasteiger partial charge in [0.05, 0.1) is 23.3 Å². The van der Waals surface area contributed by atoms with Gasteiger partial charge in [0.1, 0.15) is 5.75 Å². The van der Waals surface area contributed by atoms with Gasteiger partial charge in [-0.05, 0) is 37.1 Å². The number of carbonyl (C=O) groups is 1. The van der Waals surface area contributed by atoms with Crippen LogP contribution in [0.3, 0.4) is 0 Å². The SMILES string of the molecule is CCOc1ccc(CN(C)C(=O)c2cnc3onc(CC)c3c2)cc1. The topological polar surface area (TPSA) is 68.5 Å². The zero-order valence-corrected chi connectivity index (χ0v) is 14.7. The predicted molar refractivity (Wildman–Crippen MR) is 94.6 cm³/mol. The van der Waals surface area contributed by atoms with Gasteiger partial charge < -0.3 is 14.2 Å². The molecule has 130 valence electrons. The van der Waals surface area contributed by atoms with Gasteiger partial charge >= 0.3 is 0 Å². The molecule has 0 aliphatic rings. The first-order chi connectivity index (χ1) is 12.1. The number of aromatic nitrogens is 2. The van der Waals surface area contributed by atoms with Crippen molar-refractivity contribution in [1.29, 1.82) is 0 Å². The van der Waals surface area contributed by atoms with E-state index in [1.54, 1.807) is 18.0 Å². The van der Waals surface area contributed by atoms with Gasteiger partial charge in [-0.15, -0.1) is 0 Å². The Morgan fingerprint density at radius 1 is 1.24 bits per heavy atom. The summed E-state index contributed by atoms with van der Waals surface area (Å²) in [5, 5.41) is 4.77. The molecule has 0 aliphatic carbocycles. The van der Waals surface area contributed by atoms with Gasteiger partial charge in [-0.2, -0.15) is 0 Å². The van der Waals surface area contributed by atoms with Gasteiger partial charge in [0, 0.05) is 19.8 Å². The lowest BCUT2D eigenvalue weighted by molar-refractivity contribution is 0.0785. The number of rotatable bonds is 6. The maximum atomic E-state index is 12.7. The van der Waals surface area contributed by atoms with Crippen molar-refractivity contribution in [1.82, 2.24) is 15.0 Å². The fourth-order valence-electron chi connectivity index (χ4n) is 2.67. The predicted octanol–water partition coefficient (Wildman–Crippen LogP) is 3.46. The van der Waals surface area contributed by atoms with Crippen molar-refractivity contribution in [3.05, 3.63) is 53.3 Å². The number of fused-ring (bicyclic) bond motifs is 1. The Labute approximate surface area is 146 Å². The van der Waals surface area contributed by atoms with Crippen LogP contribution in [0, 0.1) is 0 Å². The summed E-state index contributed by atoms with van der Waals surface area (Å²) < 4.78 is 10.6. The Balaban J connectivity index is 1.75. The molecule has 0 N–H and O–H groups in total. The summed E-state index contributed by atoms with van der Waals surface area (Å²) in [4.78, 5) is 18.6. The minimum atomic E-state index is -0.0912. The number of hydrogen-bond acceptors (Lipinski definition) is 5. The molecule has 2 heterocycles. The van der Waals surface area contributed by atoms with Crippen LogP contribution in [0.4, 0.5) is 0 Å². The van der Waals surface area contributed by atoms with Crippen molar-refractivity contribution in [2.45, 2.75) is 26.8 Å². The van der Waals surface area contributed by atoms with E-state index in [9.17, 15) is 4.79 Å². The number of benzene rings is 1. The van der Waals surface area contributed by atoms with E-state index in [2.05, 4.69) is 10.1 Å². The fourth-order valence-corrected chi connectivity index (χ4v) is 2.67. The van der Waals surface area contributed by atoms with Gasteiger partial charge in [0.25, 0.3) is 11.6 Å². The highest BCUT2D eigenvalue weighted by Gasteiger charge is 2.16. The van der Waals surface area contributed by atoms with Crippen LogP contribution >= 0.6 is 0 Å². The van der Waals surface area contributed by atoms with Gasteiger partial charge in [-0.1, -0.05) is 24.2 Å².